The average Bonchev–Trinajstić information content (AvgIpc) is 3.57. The number of carbonyl (C=O) groups is 1. The van der Waals surface area contributed by atoms with Crippen molar-refractivity contribution in [3.8, 4) is 5.75 Å². The van der Waals surface area contributed by atoms with Crippen molar-refractivity contribution in [3.63, 3.8) is 0 Å². The maximum atomic E-state index is 10.9. The fourth-order valence-corrected chi connectivity index (χ4v) is 4.43. The normalized spacial score (nSPS) is 16.9. The Labute approximate surface area is 194 Å². The van der Waals surface area contributed by atoms with E-state index in [0.29, 0.717) is 12.5 Å². The first-order valence-corrected chi connectivity index (χ1v) is 11.8. The standard InChI is InChI=1S/C27H30N2O4/c1-18(13-26(30)31)21-7-9-23(10-8-21)32-17-20-4-2-3-19(14-20)15-29-12-11-25-24(16-29)28-27(33-25)22-5-6-22/h2-4,7-10,14,18,22H,5-6,11-13,15-17H2,1H3,(H,30,31). The van der Waals surface area contributed by atoms with Gasteiger partial charge in [0.25, 0.3) is 0 Å². The molecule has 1 saturated carbocycles. The molecule has 0 saturated heterocycles. The molecule has 172 valence electrons. The molecule has 0 amide bonds. The molecule has 3 aromatic rings. The second-order valence-electron chi connectivity index (χ2n) is 9.33. The third kappa shape index (κ3) is 5.45. The van der Waals surface area contributed by atoms with Gasteiger partial charge in [-0.25, -0.2) is 4.98 Å². The third-order valence-corrected chi connectivity index (χ3v) is 6.48. The molecule has 1 unspecified atom stereocenters. The summed E-state index contributed by atoms with van der Waals surface area (Å²) in [6.07, 6.45) is 3.49. The summed E-state index contributed by atoms with van der Waals surface area (Å²) in [5.41, 5.74) is 4.52. The maximum Gasteiger partial charge on any atom is 0.303 e. The van der Waals surface area contributed by atoms with Crippen molar-refractivity contribution < 1.29 is 19.1 Å². The minimum Gasteiger partial charge on any atom is -0.489 e. The first-order valence-electron chi connectivity index (χ1n) is 11.8. The van der Waals surface area contributed by atoms with Crippen LogP contribution in [-0.4, -0.2) is 27.5 Å². The molecule has 1 aliphatic carbocycles. The van der Waals surface area contributed by atoms with Crippen molar-refractivity contribution in [2.45, 2.75) is 64.1 Å². The van der Waals surface area contributed by atoms with Crippen LogP contribution in [0.5, 0.6) is 5.75 Å². The molecule has 1 aliphatic heterocycles. The Morgan fingerprint density at radius 2 is 2.00 bits per heavy atom. The molecule has 5 rings (SSSR count). The first-order chi connectivity index (χ1) is 16.0. The highest BCUT2D eigenvalue weighted by Crippen LogP contribution is 2.40. The molecule has 0 radical (unpaired) electrons. The lowest BCUT2D eigenvalue weighted by Gasteiger charge is -2.25. The zero-order valence-electron chi connectivity index (χ0n) is 19.0. The monoisotopic (exact) mass is 446 g/mol. The lowest BCUT2D eigenvalue weighted by atomic mass is 9.98. The van der Waals surface area contributed by atoms with Crippen molar-refractivity contribution in [2.75, 3.05) is 6.54 Å². The van der Waals surface area contributed by atoms with Crippen molar-refractivity contribution in [2.24, 2.45) is 0 Å². The fourth-order valence-electron chi connectivity index (χ4n) is 4.43. The molecule has 6 nitrogen and oxygen atoms in total. The van der Waals surface area contributed by atoms with Crippen LogP contribution >= 0.6 is 0 Å². The van der Waals surface area contributed by atoms with Crippen LogP contribution in [0.15, 0.2) is 52.9 Å². The van der Waals surface area contributed by atoms with E-state index >= 15 is 0 Å². The van der Waals surface area contributed by atoms with Gasteiger partial charge in [-0.05, 0) is 47.6 Å². The SMILES string of the molecule is CC(CC(=O)O)c1ccc(OCc2cccc(CN3CCc4oc(C5CC5)nc4C3)c2)cc1. The number of benzene rings is 2. The summed E-state index contributed by atoms with van der Waals surface area (Å²) in [5, 5.41) is 8.97. The summed E-state index contributed by atoms with van der Waals surface area (Å²) in [4.78, 5) is 18.1. The summed E-state index contributed by atoms with van der Waals surface area (Å²) in [6, 6.07) is 16.3. The molecule has 33 heavy (non-hydrogen) atoms. The second kappa shape index (κ2) is 9.40. The summed E-state index contributed by atoms with van der Waals surface area (Å²) in [6.45, 7) is 5.14. The average molecular weight is 447 g/mol. The van der Waals surface area contributed by atoms with E-state index in [1.807, 2.05) is 31.2 Å². The Balaban J connectivity index is 1.15. The van der Waals surface area contributed by atoms with Gasteiger partial charge in [-0.15, -0.1) is 0 Å². The Hall–Kier alpha value is -3.12. The fraction of sp³-hybridized carbons (Fsp3) is 0.407. The van der Waals surface area contributed by atoms with Crippen molar-refractivity contribution >= 4 is 5.97 Å². The van der Waals surface area contributed by atoms with Crippen LogP contribution in [0.4, 0.5) is 0 Å². The number of fused-ring (bicyclic) bond motifs is 1. The lowest BCUT2D eigenvalue weighted by molar-refractivity contribution is -0.137. The number of oxazole rings is 1. The van der Waals surface area contributed by atoms with Crippen molar-refractivity contribution in [1.29, 1.82) is 0 Å². The zero-order chi connectivity index (χ0) is 22.8. The van der Waals surface area contributed by atoms with Gasteiger partial charge in [0.2, 0.25) is 0 Å². The van der Waals surface area contributed by atoms with Crippen LogP contribution in [0, 0.1) is 0 Å². The van der Waals surface area contributed by atoms with Gasteiger partial charge in [-0.2, -0.15) is 0 Å². The van der Waals surface area contributed by atoms with Crippen LogP contribution in [0.3, 0.4) is 0 Å². The van der Waals surface area contributed by atoms with Gasteiger partial charge in [0, 0.05) is 32.0 Å². The van der Waals surface area contributed by atoms with E-state index in [0.717, 1.165) is 60.3 Å². The van der Waals surface area contributed by atoms with Gasteiger partial charge >= 0.3 is 5.97 Å². The first kappa shape index (κ1) is 21.7. The molecule has 6 heteroatoms. The highest BCUT2D eigenvalue weighted by atomic mass is 16.5. The topological polar surface area (TPSA) is 75.8 Å². The highest BCUT2D eigenvalue weighted by Gasteiger charge is 2.31. The maximum absolute atomic E-state index is 10.9. The predicted molar refractivity (Wildman–Crippen MR) is 124 cm³/mol. The molecule has 1 aromatic heterocycles. The van der Waals surface area contributed by atoms with Gasteiger partial charge < -0.3 is 14.3 Å². The summed E-state index contributed by atoms with van der Waals surface area (Å²) < 4.78 is 12.0. The number of nitrogens with zero attached hydrogens (tertiary/aromatic N) is 2. The molecule has 1 fully saturated rings. The summed E-state index contributed by atoms with van der Waals surface area (Å²) in [5.74, 6) is 2.58. The van der Waals surface area contributed by atoms with Gasteiger partial charge in [0.05, 0.1) is 12.1 Å². The van der Waals surface area contributed by atoms with Crippen molar-refractivity contribution in [1.82, 2.24) is 9.88 Å². The molecule has 2 heterocycles. The predicted octanol–water partition coefficient (Wildman–Crippen LogP) is 5.27. The van der Waals surface area contributed by atoms with Gasteiger partial charge in [-0.3, -0.25) is 9.69 Å². The number of hydrogen-bond acceptors (Lipinski definition) is 5. The Morgan fingerprint density at radius 1 is 1.21 bits per heavy atom. The molecule has 1 N–H and O–H groups in total. The third-order valence-electron chi connectivity index (χ3n) is 6.48. The number of carboxylic acid groups (broad SMARTS) is 1. The Morgan fingerprint density at radius 3 is 2.76 bits per heavy atom. The number of rotatable bonds is 9. The van der Waals surface area contributed by atoms with E-state index in [-0.39, 0.29) is 12.3 Å². The molecule has 2 aromatic carbocycles. The zero-order valence-corrected chi connectivity index (χ0v) is 19.0. The Kier molecular flexibility index (Phi) is 6.18. The molecule has 1 atom stereocenters. The van der Waals surface area contributed by atoms with E-state index in [2.05, 4.69) is 29.2 Å². The number of hydrogen-bond donors (Lipinski definition) is 1. The van der Waals surface area contributed by atoms with Crippen LogP contribution in [0.1, 0.15) is 72.1 Å². The minimum absolute atomic E-state index is 0.0170. The summed E-state index contributed by atoms with van der Waals surface area (Å²) in [7, 11) is 0. The van der Waals surface area contributed by atoms with Gasteiger partial charge in [0.15, 0.2) is 5.89 Å². The Bertz CT molecular complexity index is 1120. The largest absolute Gasteiger partial charge is 0.489 e. The van der Waals surface area contributed by atoms with Crippen LogP contribution in [0.2, 0.25) is 0 Å². The summed E-state index contributed by atoms with van der Waals surface area (Å²) >= 11 is 0. The van der Waals surface area contributed by atoms with Gasteiger partial charge in [0.1, 0.15) is 18.1 Å². The van der Waals surface area contributed by atoms with E-state index in [4.69, 9.17) is 19.2 Å². The highest BCUT2D eigenvalue weighted by molar-refractivity contribution is 5.68. The molecule has 0 bridgehead atoms. The van der Waals surface area contributed by atoms with Crippen LogP contribution in [-0.2, 0) is 30.9 Å². The van der Waals surface area contributed by atoms with E-state index in [9.17, 15) is 4.79 Å². The van der Waals surface area contributed by atoms with E-state index in [1.54, 1.807) is 0 Å². The molecule has 0 spiro atoms. The minimum atomic E-state index is -0.781. The molecule has 2 aliphatic rings. The quantitative estimate of drug-likeness (QED) is 0.483. The molecular weight excluding hydrogens is 416 g/mol. The van der Waals surface area contributed by atoms with Gasteiger partial charge in [-0.1, -0.05) is 43.3 Å². The number of ether oxygens (including phenoxy) is 1. The van der Waals surface area contributed by atoms with E-state index in [1.165, 1.54) is 18.4 Å². The van der Waals surface area contributed by atoms with Crippen molar-refractivity contribution in [3.05, 3.63) is 82.6 Å². The van der Waals surface area contributed by atoms with E-state index < -0.39 is 5.97 Å². The number of aliphatic carboxylic acids is 1. The van der Waals surface area contributed by atoms with Crippen LogP contribution < -0.4 is 4.74 Å². The smallest absolute Gasteiger partial charge is 0.303 e. The lowest BCUT2D eigenvalue weighted by Crippen LogP contribution is -2.29. The molecular formula is C27H30N2O4. The van der Waals surface area contributed by atoms with Crippen LogP contribution in [0.25, 0.3) is 0 Å². The number of carboxylic acids is 1. The second-order valence-corrected chi connectivity index (χ2v) is 9.33. The number of aromatic nitrogens is 1.